The van der Waals surface area contributed by atoms with Crippen LogP contribution in [0.3, 0.4) is 0 Å². The van der Waals surface area contributed by atoms with Crippen LogP contribution in [0.25, 0.3) is 0 Å². The average Bonchev–Trinajstić information content (AvgIpc) is 2.75. The zero-order valence-electron chi connectivity index (χ0n) is 9.97. The first-order valence-corrected chi connectivity index (χ1v) is 7.60. The number of hydrogen-bond acceptors (Lipinski definition) is 2. The molecule has 0 aromatic carbocycles. The molecule has 1 amide bonds. The minimum absolute atomic E-state index is 0.0998. The number of amides is 1. The molecule has 0 spiro atoms. The fourth-order valence-electron chi connectivity index (χ4n) is 2.26. The van der Waals surface area contributed by atoms with Crippen LogP contribution < -0.4 is 5.32 Å². The smallest absolute Gasteiger partial charge is 0.349 e. The van der Waals surface area contributed by atoms with Crippen LogP contribution in [0.5, 0.6) is 0 Å². The summed E-state index contributed by atoms with van der Waals surface area (Å²) in [6.45, 7) is 0. The lowest BCUT2D eigenvalue weighted by atomic mass is 9.85. The van der Waals surface area contributed by atoms with Crippen LogP contribution in [-0.2, 0) is 0 Å². The molecule has 106 valence electrons. The number of carbonyl (C=O) groups excluding carboxylic acids is 1. The molecule has 2 rings (SSSR count). The van der Waals surface area contributed by atoms with Crippen LogP contribution in [0, 0.1) is 5.92 Å². The second-order valence-corrected chi connectivity index (χ2v) is 7.13. The summed E-state index contributed by atoms with van der Waals surface area (Å²) in [5, 5.41) is 2.80. The Hall–Kier alpha value is -0.560. The van der Waals surface area contributed by atoms with Gasteiger partial charge in [0.05, 0.1) is 14.6 Å². The summed E-state index contributed by atoms with van der Waals surface area (Å²) in [7, 11) is 0. The van der Waals surface area contributed by atoms with Crippen molar-refractivity contribution >= 4 is 33.2 Å². The molecule has 0 unspecified atom stereocenters. The first-order chi connectivity index (χ1) is 8.86. The third-order valence-corrected chi connectivity index (χ3v) is 4.94. The molecule has 1 fully saturated rings. The molecule has 1 aliphatic carbocycles. The van der Waals surface area contributed by atoms with E-state index in [1.807, 2.05) is 0 Å². The van der Waals surface area contributed by atoms with Crippen molar-refractivity contribution in [2.24, 2.45) is 5.92 Å². The van der Waals surface area contributed by atoms with E-state index in [4.69, 9.17) is 0 Å². The van der Waals surface area contributed by atoms with Crippen molar-refractivity contribution in [2.45, 2.75) is 37.9 Å². The van der Waals surface area contributed by atoms with Crippen molar-refractivity contribution in [3.05, 3.63) is 20.8 Å². The van der Waals surface area contributed by atoms with Gasteiger partial charge in [-0.2, -0.15) is 13.2 Å². The Bertz CT molecular complexity index is 452. The largest absolute Gasteiger partial charge is 0.391 e. The molecule has 0 radical (unpaired) electrons. The summed E-state index contributed by atoms with van der Waals surface area (Å²) in [4.78, 5) is 12.4. The Balaban J connectivity index is 1.84. The van der Waals surface area contributed by atoms with E-state index < -0.39 is 12.1 Å². The second kappa shape index (κ2) is 5.83. The second-order valence-electron chi connectivity index (χ2n) is 4.67. The van der Waals surface area contributed by atoms with E-state index in [1.54, 1.807) is 12.1 Å². The first kappa shape index (κ1) is 14.8. The third kappa shape index (κ3) is 3.95. The number of carbonyl (C=O) groups is 1. The lowest BCUT2D eigenvalue weighted by Gasteiger charge is -2.30. The Labute approximate surface area is 121 Å². The predicted octanol–water partition coefficient (Wildman–Crippen LogP) is 4.36. The minimum atomic E-state index is -4.10. The highest BCUT2D eigenvalue weighted by atomic mass is 79.9. The predicted molar refractivity (Wildman–Crippen MR) is 71.3 cm³/mol. The topological polar surface area (TPSA) is 29.1 Å². The van der Waals surface area contributed by atoms with Crippen LogP contribution in [0.2, 0.25) is 0 Å². The molecule has 1 heterocycles. The molecule has 7 heteroatoms. The van der Waals surface area contributed by atoms with Crippen molar-refractivity contribution in [3.8, 4) is 0 Å². The van der Waals surface area contributed by atoms with Crippen LogP contribution in [0.1, 0.15) is 35.4 Å². The summed E-state index contributed by atoms with van der Waals surface area (Å²) in [5.74, 6) is -1.41. The van der Waals surface area contributed by atoms with Crippen LogP contribution >= 0.6 is 27.3 Å². The number of alkyl halides is 3. The maximum Gasteiger partial charge on any atom is 0.391 e. The Morgan fingerprint density at radius 3 is 2.37 bits per heavy atom. The molecule has 1 saturated carbocycles. The average molecular weight is 356 g/mol. The van der Waals surface area contributed by atoms with Gasteiger partial charge in [-0.1, -0.05) is 0 Å². The van der Waals surface area contributed by atoms with Crippen molar-refractivity contribution in [1.82, 2.24) is 5.32 Å². The number of thiophene rings is 1. The van der Waals surface area contributed by atoms with Gasteiger partial charge in [0.2, 0.25) is 0 Å². The van der Waals surface area contributed by atoms with Crippen LogP contribution in [-0.4, -0.2) is 18.1 Å². The molecule has 19 heavy (non-hydrogen) atoms. The summed E-state index contributed by atoms with van der Waals surface area (Å²) >= 11 is 4.58. The number of hydrogen-bond donors (Lipinski definition) is 1. The number of nitrogens with one attached hydrogen (secondary N) is 1. The van der Waals surface area contributed by atoms with Gasteiger partial charge < -0.3 is 5.32 Å². The quantitative estimate of drug-likeness (QED) is 0.838. The van der Waals surface area contributed by atoms with Crippen molar-refractivity contribution in [1.29, 1.82) is 0 Å². The van der Waals surface area contributed by atoms with Crippen molar-refractivity contribution in [2.75, 3.05) is 0 Å². The Morgan fingerprint density at radius 2 is 1.89 bits per heavy atom. The van der Waals surface area contributed by atoms with Gasteiger partial charge in [0.1, 0.15) is 0 Å². The minimum Gasteiger partial charge on any atom is -0.349 e. The highest BCUT2D eigenvalue weighted by molar-refractivity contribution is 9.11. The molecule has 1 aromatic rings. The van der Waals surface area contributed by atoms with Gasteiger partial charge in [-0.25, -0.2) is 0 Å². The molecule has 0 aliphatic heterocycles. The summed E-state index contributed by atoms with van der Waals surface area (Å²) in [6, 6.07) is 3.33. The van der Waals surface area contributed by atoms with Crippen LogP contribution in [0.15, 0.2) is 15.9 Å². The van der Waals surface area contributed by atoms with Crippen molar-refractivity contribution < 1.29 is 18.0 Å². The van der Waals surface area contributed by atoms with Gasteiger partial charge in [-0.05, 0) is 53.7 Å². The fraction of sp³-hybridized carbons (Fsp3) is 0.583. The lowest BCUT2D eigenvalue weighted by Crippen LogP contribution is -2.39. The van der Waals surface area contributed by atoms with E-state index in [-0.39, 0.29) is 24.8 Å². The van der Waals surface area contributed by atoms with Gasteiger partial charge >= 0.3 is 6.18 Å². The molecule has 1 aromatic heterocycles. The zero-order chi connectivity index (χ0) is 14.0. The molecule has 1 N–H and O–H groups in total. The maximum atomic E-state index is 12.5. The zero-order valence-corrected chi connectivity index (χ0v) is 12.4. The van der Waals surface area contributed by atoms with Gasteiger partial charge in [0.25, 0.3) is 5.91 Å². The van der Waals surface area contributed by atoms with E-state index in [0.717, 1.165) is 3.79 Å². The molecular weight excluding hydrogens is 343 g/mol. The van der Waals surface area contributed by atoms with E-state index in [9.17, 15) is 18.0 Å². The van der Waals surface area contributed by atoms with Gasteiger partial charge in [-0.3, -0.25) is 4.79 Å². The number of rotatable bonds is 2. The monoisotopic (exact) mass is 355 g/mol. The number of halogens is 4. The van der Waals surface area contributed by atoms with E-state index in [0.29, 0.717) is 17.7 Å². The molecule has 0 bridgehead atoms. The van der Waals surface area contributed by atoms with E-state index in [1.165, 1.54) is 11.3 Å². The molecule has 1 aliphatic rings. The van der Waals surface area contributed by atoms with Crippen molar-refractivity contribution in [3.63, 3.8) is 0 Å². The van der Waals surface area contributed by atoms with E-state index >= 15 is 0 Å². The normalized spacial score (nSPS) is 24.2. The lowest BCUT2D eigenvalue weighted by molar-refractivity contribution is -0.182. The van der Waals surface area contributed by atoms with Gasteiger partial charge in [0.15, 0.2) is 0 Å². The first-order valence-electron chi connectivity index (χ1n) is 5.99. The van der Waals surface area contributed by atoms with Crippen LogP contribution in [0.4, 0.5) is 13.2 Å². The maximum absolute atomic E-state index is 12.5. The Morgan fingerprint density at radius 1 is 1.26 bits per heavy atom. The highest BCUT2D eigenvalue weighted by Gasteiger charge is 2.41. The highest BCUT2D eigenvalue weighted by Crippen LogP contribution is 2.37. The molecule has 2 nitrogen and oxygen atoms in total. The van der Waals surface area contributed by atoms with Gasteiger partial charge in [-0.15, -0.1) is 11.3 Å². The SMILES string of the molecule is O=C(NC1CCC(C(F)(F)F)CC1)c1ccc(Br)s1. The summed E-state index contributed by atoms with van der Waals surface area (Å²) in [5.41, 5.74) is 0. The third-order valence-electron chi connectivity index (χ3n) is 3.32. The molecule has 0 saturated heterocycles. The van der Waals surface area contributed by atoms with E-state index in [2.05, 4.69) is 21.2 Å². The molecular formula is C12H13BrF3NOS. The Kier molecular flexibility index (Phi) is 4.55. The molecule has 0 atom stereocenters. The summed E-state index contributed by atoms with van der Waals surface area (Å²) < 4.78 is 38.4. The fourth-order valence-corrected chi connectivity index (χ4v) is 3.55. The van der Waals surface area contributed by atoms with Gasteiger partial charge in [0, 0.05) is 6.04 Å². The standard InChI is InChI=1S/C12H13BrF3NOS/c13-10-6-5-9(19-10)11(18)17-8-3-1-7(2-4-8)12(14,15)16/h5-8H,1-4H2,(H,17,18). The summed E-state index contributed by atoms with van der Waals surface area (Å²) in [6.07, 6.45) is -3.12.